The van der Waals surface area contributed by atoms with Gasteiger partial charge in [-0.1, -0.05) is 24.2 Å². The van der Waals surface area contributed by atoms with Gasteiger partial charge in [0.15, 0.2) is 5.84 Å². The first kappa shape index (κ1) is 15.2. The predicted molar refractivity (Wildman–Crippen MR) is 79.6 cm³/mol. The van der Waals surface area contributed by atoms with Gasteiger partial charge in [-0.3, -0.25) is 4.98 Å². The van der Waals surface area contributed by atoms with E-state index < -0.39 is 16.1 Å². The normalized spacial score (nSPS) is 14.2. The van der Waals surface area contributed by atoms with Crippen molar-refractivity contribution in [3.63, 3.8) is 0 Å². The van der Waals surface area contributed by atoms with Crippen LogP contribution < -0.4 is 10.5 Å². The summed E-state index contributed by atoms with van der Waals surface area (Å²) in [7, 11) is -3.80. The molecule has 0 spiro atoms. The molecule has 0 aliphatic heterocycles. The third kappa shape index (κ3) is 3.11. The van der Waals surface area contributed by atoms with Crippen LogP contribution in [0.5, 0.6) is 0 Å². The van der Waals surface area contributed by atoms with Crippen molar-refractivity contribution in [2.24, 2.45) is 10.9 Å². The first-order valence-electron chi connectivity index (χ1n) is 6.32. The minimum atomic E-state index is -3.80. The van der Waals surface area contributed by atoms with Crippen LogP contribution in [0.25, 0.3) is 10.8 Å². The largest absolute Gasteiger partial charge is 0.409 e. The van der Waals surface area contributed by atoms with Gasteiger partial charge in [-0.25, -0.2) is 13.1 Å². The first-order chi connectivity index (χ1) is 9.99. The van der Waals surface area contributed by atoms with Crippen LogP contribution in [0.15, 0.2) is 46.7 Å². The molecule has 0 radical (unpaired) electrons. The summed E-state index contributed by atoms with van der Waals surface area (Å²) in [6.45, 7) is 1.73. The molecular formula is C13H16N4O3S. The lowest BCUT2D eigenvalue weighted by molar-refractivity contribution is 0.315. The highest BCUT2D eigenvalue weighted by Gasteiger charge is 2.23. The monoisotopic (exact) mass is 308 g/mol. The van der Waals surface area contributed by atoms with Crippen LogP contribution in [0.2, 0.25) is 0 Å². The Labute approximate surface area is 122 Å². The Morgan fingerprint density at radius 1 is 1.48 bits per heavy atom. The average Bonchev–Trinajstić information content (AvgIpc) is 2.51. The molecule has 0 amide bonds. The number of fused-ring (bicyclic) bond motifs is 1. The van der Waals surface area contributed by atoms with Gasteiger partial charge in [0.25, 0.3) is 0 Å². The van der Waals surface area contributed by atoms with Crippen molar-refractivity contribution in [1.29, 1.82) is 0 Å². The number of aromatic nitrogens is 1. The van der Waals surface area contributed by atoms with E-state index in [2.05, 4.69) is 14.9 Å². The minimum absolute atomic E-state index is 0.131. The molecule has 2 rings (SSSR count). The van der Waals surface area contributed by atoms with E-state index in [4.69, 9.17) is 10.9 Å². The van der Waals surface area contributed by atoms with Crippen LogP contribution in [0, 0.1) is 0 Å². The number of benzene rings is 1. The molecule has 2 aromatic rings. The molecule has 8 heteroatoms. The standard InChI is InChI=1S/C13H16N4O3S/c1-2-11(13(14)16-18)17-21(19,20)12-5-3-4-9-8-15-7-6-10(9)12/h3-8,11,17-18H,2H2,1H3,(H2,14,16). The lowest BCUT2D eigenvalue weighted by atomic mass is 10.2. The maximum atomic E-state index is 12.5. The zero-order valence-corrected chi connectivity index (χ0v) is 12.2. The van der Waals surface area contributed by atoms with E-state index >= 15 is 0 Å². The van der Waals surface area contributed by atoms with Crippen molar-refractivity contribution in [1.82, 2.24) is 9.71 Å². The first-order valence-corrected chi connectivity index (χ1v) is 7.80. The topological polar surface area (TPSA) is 118 Å². The van der Waals surface area contributed by atoms with E-state index in [1.165, 1.54) is 12.3 Å². The molecule has 0 saturated carbocycles. The van der Waals surface area contributed by atoms with Crippen LogP contribution in [-0.2, 0) is 10.0 Å². The number of oxime groups is 1. The summed E-state index contributed by atoms with van der Waals surface area (Å²) in [5.41, 5.74) is 5.49. The van der Waals surface area contributed by atoms with Crippen LogP contribution in [0.4, 0.5) is 0 Å². The fourth-order valence-corrected chi connectivity index (χ4v) is 3.52. The summed E-state index contributed by atoms with van der Waals surface area (Å²) >= 11 is 0. The number of amidine groups is 1. The maximum absolute atomic E-state index is 12.5. The molecule has 0 aliphatic carbocycles. The molecule has 1 aromatic heterocycles. The Morgan fingerprint density at radius 2 is 2.24 bits per heavy atom. The van der Waals surface area contributed by atoms with Gasteiger partial charge in [-0.15, -0.1) is 0 Å². The van der Waals surface area contributed by atoms with Gasteiger partial charge in [0.1, 0.15) is 0 Å². The number of nitrogens with zero attached hydrogens (tertiary/aromatic N) is 2. The maximum Gasteiger partial charge on any atom is 0.241 e. The van der Waals surface area contributed by atoms with Crippen molar-refractivity contribution in [2.45, 2.75) is 24.3 Å². The summed E-state index contributed by atoms with van der Waals surface area (Å²) in [6.07, 6.45) is 3.48. The molecule has 1 unspecified atom stereocenters. The fraction of sp³-hybridized carbons (Fsp3) is 0.231. The van der Waals surface area contributed by atoms with Gasteiger partial charge in [0.2, 0.25) is 10.0 Å². The highest BCUT2D eigenvalue weighted by atomic mass is 32.2. The smallest absolute Gasteiger partial charge is 0.241 e. The molecule has 21 heavy (non-hydrogen) atoms. The van der Waals surface area contributed by atoms with Gasteiger partial charge in [-0.05, 0) is 18.6 Å². The lowest BCUT2D eigenvalue weighted by Gasteiger charge is -2.16. The summed E-state index contributed by atoms with van der Waals surface area (Å²) < 4.78 is 27.5. The number of nitrogens with one attached hydrogen (secondary N) is 1. The molecule has 112 valence electrons. The van der Waals surface area contributed by atoms with Crippen molar-refractivity contribution >= 4 is 26.6 Å². The summed E-state index contributed by atoms with van der Waals surface area (Å²) in [4.78, 5) is 4.10. The van der Waals surface area contributed by atoms with Gasteiger partial charge < -0.3 is 10.9 Å². The van der Waals surface area contributed by atoms with E-state index in [9.17, 15) is 8.42 Å². The van der Waals surface area contributed by atoms with E-state index in [0.717, 1.165) is 5.39 Å². The molecule has 4 N–H and O–H groups in total. The molecule has 0 aliphatic rings. The summed E-state index contributed by atoms with van der Waals surface area (Å²) in [6, 6.07) is 5.79. The van der Waals surface area contributed by atoms with Crippen LogP contribution >= 0.6 is 0 Å². The van der Waals surface area contributed by atoms with Gasteiger partial charge >= 0.3 is 0 Å². The summed E-state index contributed by atoms with van der Waals surface area (Å²) in [5.74, 6) is -0.178. The number of rotatable bonds is 5. The Kier molecular flexibility index (Phi) is 4.39. The Morgan fingerprint density at radius 3 is 2.90 bits per heavy atom. The van der Waals surface area contributed by atoms with E-state index in [1.54, 1.807) is 31.3 Å². The zero-order valence-electron chi connectivity index (χ0n) is 11.4. The molecular weight excluding hydrogens is 292 g/mol. The third-order valence-corrected chi connectivity index (χ3v) is 4.64. The van der Waals surface area contributed by atoms with Crippen molar-refractivity contribution in [2.75, 3.05) is 0 Å². The second-order valence-electron chi connectivity index (χ2n) is 4.46. The highest BCUT2D eigenvalue weighted by molar-refractivity contribution is 7.89. The fourth-order valence-electron chi connectivity index (χ4n) is 2.00. The molecule has 1 atom stereocenters. The summed E-state index contributed by atoms with van der Waals surface area (Å²) in [5, 5.41) is 12.8. The lowest BCUT2D eigenvalue weighted by Crippen LogP contribution is -2.44. The van der Waals surface area contributed by atoms with Crippen LogP contribution in [0.1, 0.15) is 13.3 Å². The average molecular weight is 308 g/mol. The number of sulfonamides is 1. The van der Waals surface area contributed by atoms with Gasteiger partial charge in [0, 0.05) is 23.2 Å². The van der Waals surface area contributed by atoms with Crippen LogP contribution in [0.3, 0.4) is 0 Å². The Balaban J connectivity index is 2.47. The molecule has 0 saturated heterocycles. The number of hydrogen-bond acceptors (Lipinski definition) is 5. The quantitative estimate of drug-likeness (QED) is 0.330. The Bertz CT molecular complexity index is 769. The van der Waals surface area contributed by atoms with E-state index in [-0.39, 0.29) is 10.7 Å². The SMILES string of the molecule is CCC(NS(=O)(=O)c1cccc2cnccc12)/C(N)=N/O. The van der Waals surface area contributed by atoms with Crippen molar-refractivity contribution < 1.29 is 13.6 Å². The second kappa shape index (κ2) is 6.06. The van der Waals surface area contributed by atoms with Crippen molar-refractivity contribution in [3.05, 3.63) is 36.7 Å². The highest BCUT2D eigenvalue weighted by Crippen LogP contribution is 2.22. The number of pyridine rings is 1. The minimum Gasteiger partial charge on any atom is -0.409 e. The van der Waals surface area contributed by atoms with Crippen molar-refractivity contribution in [3.8, 4) is 0 Å². The number of nitrogens with two attached hydrogens (primary N) is 1. The Hall–Kier alpha value is -2.19. The zero-order chi connectivity index (χ0) is 15.5. The van der Waals surface area contributed by atoms with E-state index in [1.807, 2.05) is 0 Å². The van der Waals surface area contributed by atoms with E-state index in [0.29, 0.717) is 11.8 Å². The number of hydrogen-bond donors (Lipinski definition) is 3. The van der Waals surface area contributed by atoms with Gasteiger partial charge in [0.05, 0.1) is 10.9 Å². The predicted octanol–water partition coefficient (Wildman–Crippen LogP) is 1.04. The van der Waals surface area contributed by atoms with Crippen LogP contribution in [-0.4, -0.2) is 30.5 Å². The van der Waals surface area contributed by atoms with Gasteiger partial charge in [-0.2, -0.15) is 0 Å². The molecule has 7 nitrogen and oxygen atoms in total. The molecule has 0 fully saturated rings. The third-order valence-electron chi connectivity index (χ3n) is 3.11. The second-order valence-corrected chi connectivity index (χ2v) is 6.14. The molecule has 0 bridgehead atoms. The molecule has 1 aromatic carbocycles. The molecule has 1 heterocycles.